The molecule has 8 heteroatoms. The fraction of sp³-hybridized carbons (Fsp3) is 0.176. The van der Waals surface area contributed by atoms with E-state index in [1.807, 2.05) is 0 Å². The second-order valence-electron chi connectivity index (χ2n) is 5.23. The zero-order chi connectivity index (χ0) is 18.0. The maximum absolute atomic E-state index is 12.7. The first-order valence-electron chi connectivity index (χ1n) is 7.31. The molecule has 0 saturated carbocycles. The number of hydrogen-bond acceptors (Lipinski definition) is 4. The molecule has 1 heterocycles. The van der Waals surface area contributed by atoms with E-state index in [9.17, 15) is 18.3 Å². The molecule has 1 N–H and O–H groups in total. The van der Waals surface area contributed by atoms with Crippen molar-refractivity contribution < 1.29 is 23.0 Å². The SMILES string of the molecule is COc1ccc(-c2c(CO)nnn2-c2ccc(C(F)(F)F)cc2)cc1. The fourth-order valence-electron chi connectivity index (χ4n) is 2.43. The molecule has 3 rings (SSSR count). The number of benzene rings is 2. The molecule has 0 atom stereocenters. The molecule has 2 aromatic carbocycles. The van der Waals surface area contributed by atoms with E-state index in [0.717, 1.165) is 12.1 Å². The van der Waals surface area contributed by atoms with E-state index in [4.69, 9.17) is 4.74 Å². The van der Waals surface area contributed by atoms with Crippen LogP contribution in [0.5, 0.6) is 5.75 Å². The molecule has 0 radical (unpaired) electrons. The second-order valence-corrected chi connectivity index (χ2v) is 5.23. The van der Waals surface area contributed by atoms with Crippen LogP contribution in [-0.2, 0) is 12.8 Å². The van der Waals surface area contributed by atoms with E-state index >= 15 is 0 Å². The predicted octanol–water partition coefficient (Wildman–Crippen LogP) is 3.45. The van der Waals surface area contributed by atoms with Crippen LogP contribution < -0.4 is 4.74 Å². The van der Waals surface area contributed by atoms with Crippen molar-refractivity contribution in [1.29, 1.82) is 0 Å². The summed E-state index contributed by atoms with van der Waals surface area (Å²) in [4.78, 5) is 0. The molecule has 0 saturated heterocycles. The Labute approximate surface area is 141 Å². The molecule has 0 unspecified atom stereocenters. The Kier molecular flexibility index (Phi) is 4.45. The molecule has 1 aromatic heterocycles. The standard InChI is InChI=1S/C17H14F3N3O2/c1-25-14-8-2-11(3-9-14)16-15(10-24)21-22-23(16)13-6-4-12(5-7-13)17(18,19)20/h2-9,24H,10H2,1H3. The largest absolute Gasteiger partial charge is 0.497 e. The molecular formula is C17H14F3N3O2. The molecule has 0 bridgehead atoms. The quantitative estimate of drug-likeness (QED) is 0.784. The molecule has 3 aromatic rings. The van der Waals surface area contributed by atoms with Gasteiger partial charge in [-0.3, -0.25) is 0 Å². The van der Waals surface area contributed by atoms with Gasteiger partial charge in [0.1, 0.15) is 17.1 Å². The lowest BCUT2D eigenvalue weighted by Gasteiger charge is -2.10. The summed E-state index contributed by atoms with van der Waals surface area (Å²) in [6, 6.07) is 11.6. The molecule has 0 aliphatic rings. The van der Waals surface area contributed by atoms with Gasteiger partial charge in [-0.25, -0.2) is 4.68 Å². The maximum atomic E-state index is 12.7. The number of ether oxygens (including phenoxy) is 1. The van der Waals surface area contributed by atoms with Gasteiger partial charge < -0.3 is 9.84 Å². The van der Waals surface area contributed by atoms with Gasteiger partial charge in [0.2, 0.25) is 0 Å². The first-order chi connectivity index (χ1) is 11.9. The third-order valence-electron chi connectivity index (χ3n) is 3.69. The summed E-state index contributed by atoms with van der Waals surface area (Å²) in [6.07, 6.45) is -4.41. The maximum Gasteiger partial charge on any atom is 0.416 e. The van der Waals surface area contributed by atoms with E-state index in [0.29, 0.717) is 28.4 Å². The van der Waals surface area contributed by atoms with Gasteiger partial charge in [-0.1, -0.05) is 5.21 Å². The molecule has 5 nitrogen and oxygen atoms in total. The number of aliphatic hydroxyl groups is 1. The molecule has 25 heavy (non-hydrogen) atoms. The lowest BCUT2D eigenvalue weighted by molar-refractivity contribution is -0.137. The molecule has 0 spiro atoms. The van der Waals surface area contributed by atoms with Crippen LogP contribution in [0.25, 0.3) is 16.9 Å². The molecule has 0 fully saturated rings. The minimum absolute atomic E-state index is 0.324. The predicted molar refractivity (Wildman–Crippen MR) is 84.3 cm³/mol. The highest BCUT2D eigenvalue weighted by Crippen LogP contribution is 2.31. The van der Waals surface area contributed by atoms with Crippen molar-refractivity contribution in [3.05, 3.63) is 59.8 Å². The van der Waals surface area contributed by atoms with Gasteiger partial charge in [-0.05, 0) is 48.5 Å². The first-order valence-corrected chi connectivity index (χ1v) is 7.31. The van der Waals surface area contributed by atoms with E-state index in [-0.39, 0.29) is 6.61 Å². The van der Waals surface area contributed by atoms with Crippen LogP contribution >= 0.6 is 0 Å². The number of alkyl halides is 3. The summed E-state index contributed by atoms with van der Waals surface area (Å²) < 4.78 is 44.7. The van der Waals surface area contributed by atoms with Crippen molar-refractivity contribution in [2.75, 3.05) is 7.11 Å². The van der Waals surface area contributed by atoms with Crippen LogP contribution in [0.15, 0.2) is 48.5 Å². The Bertz CT molecular complexity index is 856. The molecule has 130 valence electrons. The van der Waals surface area contributed by atoms with Crippen LogP contribution in [0.2, 0.25) is 0 Å². The Balaban J connectivity index is 2.06. The highest BCUT2D eigenvalue weighted by atomic mass is 19.4. The number of aliphatic hydroxyl groups excluding tert-OH is 1. The molecule has 0 aliphatic heterocycles. The van der Waals surface area contributed by atoms with E-state index in [1.165, 1.54) is 16.8 Å². The van der Waals surface area contributed by atoms with Gasteiger partial charge in [0.05, 0.1) is 25.0 Å². The third kappa shape index (κ3) is 3.34. The zero-order valence-corrected chi connectivity index (χ0v) is 13.2. The van der Waals surface area contributed by atoms with Gasteiger partial charge in [0.25, 0.3) is 0 Å². The summed E-state index contributed by atoms with van der Waals surface area (Å²) in [5.74, 6) is 0.655. The number of halogens is 3. The highest BCUT2D eigenvalue weighted by molar-refractivity contribution is 5.65. The zero-order valence-electron chi connectivity index (χ0n) is 13.2. The lowest BCUT2D eigenvalue weighted by Crippen LogP contribution is -2.06. The minimum Gasteiger partial charge on any atom is -0.497 e. The van der Waals surface area contributed by atoms with Crippen molar-refractivity contribution >= 4 is 0 Å². The van der Waals surface area contributed by atoms with Crippen LogP contribution in [0.4, 0.5) is 13.2 Å². The van der Waals surface area contributed by atoms with Gasteiger partial charge in [0, 0.05) is 5.56 Å². The average molecular weight is 349 g/mol. The lowest BCUT2D eigenvalue weighted by atomic mass is 10.1. The first kappa shape index (κ1) is 17.0. The summed E-state index contributed by atoms with van der Waals surface area (Å²) in [5.41, 5.74) is 1.19. The minimum atomic E-state index is -4.41. The Hall–Kier alpha value is -2.87. The normalized spacial score (nSPS) is 11.6. The highest BCUT2D eigenvalue weighted by Gasteiger charge is 2.30. The number of methoxy groups -OCH3 is 1. The van der Waals surface area contributed by atoms with Crippen molar-refractivity contribution in [2.45, 2.75) is 12.8 Å². The number of nitrogens with zero attached hydrogens (tertiary/aromatic N) is 3. The summed E-state index contributed by atoms with van der Waals surface area (Å²) >= 11 is 0. The van der Waals surface area contributed by atoms with Gasteiger partial charge in [0.15, 0.2) is 0 Å². The molecule has 0 aliphatic carbocycles. The second kappa shape index (κ2) is 6.56. The van der Waals surface area contributed by atoms with Crippen LogP contribution in [0.3, 0.4) is 0 Å². The topological polar surface area (TPSA) is 60.2 Å². The molecule has 0 amide bonds. The van der Waals surface area contributed by atoms with Crippen LogP contribution in [0, 0.1) is 0 Å². The van der Waals surface area contributed by atoms with Crippen LogP contribution in [0.1, 0.15) is 11.3 Å². The van der Waals surface area contributed by atoms with Crippen molar-refractivity contribution in [3.63, 3.8) is 0 Å². The van der Waals surface area contributed by atoms with Crippen molar-refractivity contribution in [3.8, 4) is 22.7 Å². The van der Waals surface area contributed by atoms with Gasteiger partial charge in [-0.2, -0.15) is 13.2 Å². The Morgan fingerprint density at radius 3 is 2.20 bits per heavy atom. The van der Waals surface area contributed by atoms with Crippen LogP contribution in [-0.4, -0.2) is 27.2 Å². The van der Waals surface area contributed by atoms with Crippen molar-refractivity contribution in [2.24, 2.45) is 0 Å². The fourth-order valence-corrected chi connectivity index (χ4v) is 2.43. The van der Waals surface area contributed by atoms with E-state index < -0.39 is 11.7 Å². The van der Waals surface area contributed by atoms with E-state index in [2.05, 4.69) is 10.3 Å². The Morgan fingerprint density at radius 1 is 1.04 bits per heavy atom. The number of aromatic nitrogens is 3. The number of hydrogen-bond donors (Lipinski definition) is 1. The average Bonchev–Trinajstić information content (AvgIpc) is 3.05. The van der Waals surface area contributed by atoms with Gasteiger partial charge in [-0.15, -0.1) is 5.10 Å². The summed E-state index contributed by atoms with van der Waals surface area (Å²) in [6.45, 7) is -0.345. The Morgan fingerprint density at radius 2 is 1.68 bits per heavy atom. The smallest absolute Gasteiger partial charge is 0.416 e. The number of rotatable bonds is 4. The summed E-state index contributed by atoms with van der Waals surface area (Å²) in [5, 5.41) is 17.4. The molecular weight excluding hydrogens is 335 g/mol. The van der Waals surface area contributed by atoms with Gasteiger partial charge >= 0.3 is 6.18 Å². The monoisotopic (exact) mass is 349 g/mol. The third-order valence-corrected chi connectivity index (χ3v) is 3.69. The van der Waals surface area contributed by atoms with E-state index in [1.54, 1.807) is 31.4 Å². The summed E-state index contributed by atoms with van der Waals surface area (Å²) in [7, 11) is 1.54. The van der Waals surface area contributed by atoms with Crippen molar-refractivity contribution in [1.82, 2.24) is 15.0 Å².